The molecule has 0 aromatic rings. The van der Waals surface area contributed by atoms with Gasteiger partial charge in [0.2, 0.25) is 0 Å². The molecule has 2 N–H and O–H groups in total. The van der Waals surface area contributed by atoms with Crippen molar-refractivity contribution >= 4 is 0 Å². The zero-order chi connectivity index (χ0) is 11.3. The fourth-order valence-electron chi connectivity index (χ4n) is 2.62. The molecule has 0 radical (unpaired) electrons. The number of aliphatic hydroxyl groups is 1. The van der Waals surface area contributed by atoms with Gasteiger partial charge in [-0.1, -0.05) is 20.3 Å². The summed E-state index contributed by atoms with van der Waals surface area (Å²) in [4.78, 5) is 0. The lowest BCUT2D eigenvalue weighted by atomic mass is 9.71. The fourth-order valence-corrected chi connectivity index (χ4v) is 2.62. The smallest absolute Gasteiger partial charge is 0.0857 e. The Bertz CT molecular complexity index is 236. The van der Waals surface area contributed by atoms with Crippen LogP contribution < -0.4 is 5.32 Å². The summed E-state index contributed by atoms with van der Waals surface area (Å²) in [5.74, 6) is 0.0250. The third-order valence-corrected chi connectivity index (χ3v) is 3.63. The third kappa shape index (κ3) is 2.50. The topological polar surface area (TPSA) is 56.0 Å². The van der Waals surface area contributed by atoms with Crippen LogP contribution >= 0.6 is 0 Å². The maximum Gasteiger partial charge on any atom is 0.0857 e. The molecule has 0 aliphatic carbocycles. The number of rotatable bonds is 4. The van der Waals surface area contributed by atoms with Crippen molar-refractivity contribution in [3.05, 3.63) is 0 Å². The summed E-state index contributed by atoms with van der Waals surface area (Å²) in [6.45, 7) is 5.82. The van der Waals surface area contributed by atoms with E-state index in [4.69, 9.17) is 5.26 Å². The van der Waals surface area contributed by atoms with E-state index in [9.17, 15) is 5.11 Å². The summed E-state index contributed by atoms with van der Waals surface area (Å²) in [7, 11) is 0. The van der Waals surface area contributed by atoms with E-state index in [1.807, 2.05) is 0 Å². The van der Waals surface area contributed by atoms with Gasteiger partial charge in [-0.05, 0) is 25.8 Å². The van der Waals surface area contributed by atoms with Crippen LogP contribution in [0.15, 0.2) is 0 Å². The van der Waals surface area contributed by atoms with E-state index in [1.54, 1.807) is 0 Å². The maximum atomic E-state index is 10.7. The van der Waals surface area contributed by atoms with Gasteiger partial charge < -0.3 is 10.4 Å². The largest absolute Gasteiger partial charge is 0.388 e. The van der Waals surface area contributed by atoms with E-state index in [1.165, 1.54) is 0 Å². The highest BCUT2D eigenvalue weighted by atomic mass is 16.3. The summed E-state index contributed by atoms with van der Waals surface area (Å²) in [5, 5.41) is 23.1. The Kier molecular flexibility index (Phi) is 4.56. The van der Waals surface area contributed by atoms with Gasteiger partial charge in [0.05, 0.1) is 17.6 Å². The van der Waals surface area contributed by atoms with Crippen LogP contribution in [-0.2, 0) is 0 Å². The van der Waals surface area contributed by atoms with Crippen LogP contribution in [0.3, 0.4) is 0 Å². The summed E-state index contributed by atoms with van der Waals surface area (Å²) in [6, 6.07) is 2.30. The Balaban J connectivity index is 2.79. The molecule has 86 valence electrons. The van der Waals surface area contributed by atoms with Gasteiger partial charge >= 0.3 is 0 Å². The second-order valence-corrected chi connectivity index (χ2v) is 4.52. The normalized spacial score (nSPS) is 33.3. The van der Waals surface area contributed by atoms with Gasteiger partial charge in [0.25, 0.3) is 0 Å². The summed E-state index contributed by atoms with van der Waals surface area (Å²) >= 11 is 0. The molecule has 1 aliphatic rings. The van der Waals surface area contributed by atoms with Gasteiger partial charge in [-0.15, -0.1) is 0 Å². The Morgan fingerprint density at radius 2 is 2.33 bits per heavy atom. The molecule has 0 aromatic carbocycles. The molecule has 1 heterocycles. The second-order valence-electron chi connectivity index (χ2n) is 4.52. The van der Waals surface area contributed by atoms with Crippen molar-refractivity contribution in [2.24, 2.45) is 11.8 Å². The summed E-state index contributed by atoms with van der Waals surface area (Å²) in [6.07, 6.45) is 3.42. The first-order valence-electron chi connectivity index (χ1n) is 6.01. The van der Waals surface area contributed by atoms with E-state index < -0.39 is 5.60 Å². The Morgan fingerprint density at radius 3 is 2.87 bits per heavy atom. The molecular formula is C12H22N2O. The van der Waals surface area contributed by atoms with Crippen LogP contribution in [0.25, 0.3) is 0 Å². The monoisotopic (exact) mass is 210 g/mol. The molecule has 3 nitrogen and oxygen atoms in total. The van der Waals surface area contributed by atoms with Crippen molar-refractivity contribution in [1.29, 1.82) is 5.26 Å². The van der Waals surface area contributed by atoms with Crippen LogP contribution in [0.2, 0.25) is 0 Å². The number of nitrogens with one attached hydrogen (secondary N) is 1. The minimum absolute atomic E-state index is 0.199. The van der Waals surface area contributed by atoms with E-state index in [-0.39, 0.29) is 11.8 Å². The van der Waals surface area contributed by atoms with E-state index in [0.717, 1.165) is 32.4 Å². The lowest BCUT2D eigenvalue weighted by molar-refractivity contribution is -0.0750. The van der Waals surface area contributed by atoms with Crippen LogP contribution in [0, 0.1) is 23.2 Å². The SMILES string of the molecule is CCCC(C#N)C1(O)CCNCC1CC. The molecule has 1 saturated heterocycles. The number of piperidine rings is 1. The van der Waals surface area contributed by atoms with Crippen molar-refractivity contribution in [2.45, 2.75) is 45.1 Å². The Labute approximate surface area is 92.5 Å². The lowest BCUT2D eigenvalue weighted by Crippen LogP contribution is -2.54. The predicted molar refractivity (Wildman–Crippen MR) is 60.2 cm³/mol. The molecule has 3 unspecified atom stereocenters. The van der Waals surface area contributed by atoms with Gasteiger partial charge in [0.1, 0.15) is 0 Å². The van der Waals surface area contributed by atoms with Crippen molar-refractivity contribution in [1.82, 2.24) is 5.32 Å². The quantitative estimate of drug-likeness (QED) is 0.742. The molecule has 0 bridgehead atoms. The van der Waals surface area contributed by atoms with Crippen molar-refractivity contribution in [3.63, 3.8) is 0 Å². The summed E-state index contributed by atoms with van der Waals surface area (Å²) < 4.78 is 0. The highest BCUT2D eigenvalue weighted by molar-refractivity contribution is 5.04. The van der Waals surface area contributed by atoms with Crippen LogP contribution in [-0.4, -0.2) is 23.8 Å². The van der Waals surface area contributed by atoms with Crippen LogP contribution in [0.5, 0.6) is 0 Å². The first kappa shape index (κ1) is 12.5. The molecule has 3 atom stereocenters. The predicted octanol–water partition coefficient (Wildman–Crippen LogP) is 1.68. The standard InChI is InChI=1S/C12H22N2O/c1-3-5-11(8-13)12(15)6-7-14-9-10(12)4-2/h10-11,14-15H,3-7,9H2,1-2H3. The van der Waals surface area contributed by atoms with Crippen molar-refractivity contribution in [3.8, 4) is 6.07 Å². The first-order valence-corrected chi connectivity index (χ1v) is 6.01. The molecular weight excluding hydrogens is 188 g/mol. The van der Waals surface area contributed by atoms with Gasteiger partial charge in [-0.3, -0.25) is 0 Å². The number of nitrogens with zero attached hydrogens (tertiary/aromatic N) is 1. The molecule has 1 rings (SSSR count). The number of nitriles is 1. The molecule has 0 aromatic heterocycles. The van der Waals surface area contributed by atoms with Gasteiger partial charge in [0, 0.05) is 12.5 Å². The van der Waals surface area contributed by atoms with Gasteiger partial charge in [-0.2, -0.15) is 5.26 Å². The molecule has 0 amide bonds. The Hall–Kier alpha value is -0.590. The molecule has 1 aliphatic heterocycles. The minimum Gasteiger partial charge on any atom is -0.388 e. The van der Waals surface area contributed by atoms with Crippen LogP contribution in [0.1, 0.15) is 39.5 Å². The Morgan fingerprint density at radius 1 is 1.60 bits per heavy atom. The first-order chi connectivity index (χ1) is 7.19. The number of hydrogen-bond donors (Lipinski definition) is 2. The van der Waals surface area contributed by atoms with Crippen molar-refractivity contribution in [2.75, 3.05) is 13.1 Å². The van der Waals surface area contributed by atoms with Crippen molar-refractivity contribution < 1.29 is 5.11 Å². The highest BCUT2D eigenvalue weighted by Gasteiger charge is 2.44. The molecule has 0 saturated carbocycles. The maximum absolute atomic E-state index is 10.7. The summed E-state index contributed by atoms with van der Waals surface area (Å²) in [5.41, 5.74) is -0.759. The number of hydrogen-bond acceptors (Lipinski definition) is 3. The minimum atomic E-state index is -0.759. The van der Waals surface area contributed by atoms with E-state index in [0.29, 0.717) is 6.42 Å². The molecule has 15 heavy (non-hydrogen) atoms. The zero-order valence-corrected chi connectivity index (χ0v) is 9.79. The molecule has 3 heteroatoms. The zero-order valence-electron chi connectivity index (χ0n) is 9.79. The van der Waals surface area contributed by atoms with Gasteiger partial charge in [0.15, 0.2) is 0 Å². The third-order valence-electron chi connectivity index (χ3n) is 3.63. The lowest BCUT2D eigenvalue weighted by Gasteiger charge is -2.43. The highest BCUT2D eigenvalue weighted by Crippen LogP contribution is 2.36. The van der Waals surface area contributed by atoms with E-state index in [2.05, 4.69) is 25.2 Å². The van der Waals surface area contributed by atoms with Gasteiger partial charge in [-0.25, -0.2) is 0 Å². The average Bonchev–Trinajstić information content (AvgIpc) is 2.26. The average molecular weight is 210 g/mol. The second kappa shape index (κ2) is 5.48. The molecule has 1 fully saturated rings. The van der Waals surface area contributed by atoms with E-state index >= 15 is 0 Å². The fraction of sp³-hybridized carbons (Fsp3) is 0.917. The van der Waals surface area contributed by atoms with Crippen LogP contribution in [0.4, 0.5) is 0 Å². The molecule has 0 spiro atoms.